The van der Waals surface area contributed by atoms with E-state index in [1.165, 1.54) is 25.8 Å². The van der Waals surface area contributed by atoms with Gasteiger partial charge in [-0.1, -0.05) is 6.42 Å². The van der Waals surface area contributed by atoms with E-state index in [1.807, 2.05) is 0 Å². The molecule has 0 aromatic carbocycles. The zero-order chi connectivity index (χ0) is 11.5. The van der Waals surface area contributed by atoms with Crippen LogP contribution in [0, 0.1) is 0 Å². The van der Waals surface area contributed by atoms with E-state index in [9.17, 15) is 5.11 Å². The van der Waals surface area contributed by atoms with Gasteiger partial charge in [-0.3, -0.25) is 9.80 Å². The molecule has 2 heterocycles. The molecule has 4 heteroatoms. The average Bonchev–Trinajstić information content (AvgIpc) is 2.30. The number of aliphatic hydroxyl groups is 1. The van der Waals surface area contributed by atoms with E-state index >= 15 is 0 Å². The first kappa shape index (κ1) is 12.3. The molecule has 2 aliphatic heterocycles. The highest BCUT2D eigenvalue weighted by Gasteiger charge is 2.33. The van der Waals surface area contributed by atoms with Gasteiger partial charge < -0.3 is 10.8 Å². The van der Waals surface area contributed by atoms with Crippen molar-refractivity contribution in [2.75, 3.05) is 32.7 Å². The smallest absolute Gasteiger partial charge is 0.0789 e. The molecule has 3 atom stereocenters. The normalized spacial score (nSPS) is 34.7. The van der Waals surface area contributed by atoms with Crippen molar-refractivity contribution in [2.24, 2.45) is 5.73 Å². The lowest BCUT2D eigenvalue weighted by Crippen LogP contribution is -2.60. The third kappa shape index (κ3) is 2.74. The van der Waals surface area contributed by atoms with Crippen LogP contribution in [0.3, 0.4) is 0 Å². The monoisotopic (exact) mass is 227 g/mol. The Bertz CT molecular complexity index is 224. The highest BCUT2D eigenvalue weighted by Crippen LogP contribution is 2.23. The maximum absolute atomic E-state index is 9.64. The average molecular weight is 227 g/mol. The Kier molecular flexibility index (Phi) is 4.19. The first-order valence-corrected chi connectivity index (χ1v) is 6.57. The molecule has 3 unspecified atom stereocenters. The lowest BCUT2D eigenvalue weighted by Gasteiger charge is -2.48. The lowest BCUT2D eigenvalue weighted by molar-refractivity contribution is -0.00551. The minimum absolute atomic E-state index is 0.363. The van der Waals surface area contributed by atoms with Gasteiger partial charge in [-0.15, -0.1) is 0 Å². The molecule has 4 nitrogen and oxygen atoms in total. The van der Waals surface area contributed by atoms with Crippen LogP contribution in [0.1, 0.15) is 26.2 Å². The Balaban J connectivity index is 1.90. The van der Waals surface area contributed by atoms with E-state index in [0.717, 1.165) is 25.7 Å². The molecule has 3 N–H and O–H groups in total. The SMILES string of the molecule is CC1CN2CCCCC2CN1CC(O)CN. The van der Waals surface area contributed by atoms with Crippen molar-refractivity contribution < 1.29 is 5.11 Å². The molecule has 2 fully saturated rings. The van der Waals surface area contributed by atoms with E-state index in [0.29, 0.717) is 12.6 Å². The van der Waals surface area contributed by atoms with E-state index in [4.69, 9.17) is 5.73 Å². The predicted molar refractivity (Wildman–Crippen MR) is 65.3 cm³/mol. The Morgan fingerprint density at radius 3 is 2.94 bits per heavy atom. The van der Waals surface area contributed by atoms with Crippen LogP contribution in [0.4, 0.5) is 0 Å². The fraction of sp³-hybridized carbons (Fsp3) is 1.00. The van der Waals surface area contributed by atoms with Crippen LogP contribution in [-0.2, 0) is 0 Å². The van der Waals surface area contributed by atoms with Gasteiger partial charge in [0.2, 0.25) is 0 Å². The third-order valence-electron chi connectivity index (χ3n) is 4.03. The second-order valence-electron chi connectivity index (χ2n) is 5.34. The van der Waals surface area contributed by atoms with Crippen LogP contribution in [-0.4, -0.2) is 65.8 Å². The number of hydrogen-bond acceptors (Lipinski definition) is 4. The first-order valence-electron chi connectivity index (χ1n) is 6.57. The summed E-state index contributed by atoms with van der Waals surface area (Å²) in [6.45, 7) is 6.90. The second-order valence-corrected chi connectivity index (χ2v) is 5.34. The molecular weight excluding hydrogens is 202 g/mol. The van der Waals surface area contributed by atoms with Gasteiger partial charge in [0.05, 0.1) is 6.10 Å². The van der Waals surface area contributed by atoms with Crippen molar-refractivity contribution in [1.29, 1.82) is 0 Å². The first-order chi connectivity index (χ1) is 7.70. The molecule has 2 saturated heterocycles. The molecule has 2 aliphatic rings. The van der Waals surface area contributed by atoms with Gasteiger partial charge in [0, 0.05) is 38.3 Å². The van der Waals surface area contributed by atoms with Gasteiger partial charge in [-0.25, -0.2) is 0 Å². The van der Waals surface area contributed by atoms with Crippen molar-refractivity contribution >= 4 is 0 Å². The molecule has 0 spiro atoms. The van der Waals surface area contributed by atoms with Gasteiger partial charge >= 0.3 is 0 Å². The fourth-order valence-corrected chi connectivity index (χ4v) is 3.01. The summed E-state index contributed by atoms with van der Waals surface area (Å²) in [5.74, 6) is 0. The topological polar surface area (TPSA) is 52.7 Å². The highest BCUT2D eigenvalue weighted by molar-refractivity contribution is 4.89. The number of fused-ring (bicyclic) bond motifs is 1. The van der Waals surface area contributed by atoms with Crippen molar-refractivity contribution in [3.8, 4) is 0 Å². The Morgan fingerprint density at radius 2 is 2.19 bits per heavy atom. The van der Waals surface area contributed by atoms with Crippen LogP contribution in [0.2, 0.25) is 0 Å². The predicted octanol–water partition coefficient (Wildman–Crippen LogP) is -0.135. The van der Waals surface area contributed by atoms with Gasteiger partial charge in [-0.2, -0.15) is 0 Å². The molecule has 0 aromatic rings. The molecule has 0 amide bonds. The molecule has 0 radical (unpaired) electrons. The largest absolute Gasteiger partial charge is 0.390 e. The zero-order valence-electron chi connectivity index (χ0n) is 10.3. The van der Waals surface area contributed by atoms with E-state index in [1.54, 1.807) is 0 Å². The third-order valence-corrected chi connectivity index (χ3v) is 4.03. The number of nitrogens with zero attached hydrogens (tertiary/aromatic N) is 2. The number of rotatable bonds is 3. The fourth-order valence-electron chi connectivity index (χ4n) is 3.01. The lowest BCUT2D eigenvalue weighted by atomic mass is 9.97. The maximum Gasteiger partial charge on any atom is 0.0789 e. The van der Waals surface area contributed by atoms with Gasteiger partial charge in [-0.05, 0) is 26.3 Å². The summed E-state index contributed by atoms with van der Waals surface area (Å²) in [7, 11) is 0. The standard InChI is InChI=1S/C12H25N3O/c1-10-7-14-5-3-2-4-11(14)8-15(10)9-12(16)6-13/h10-12,16H,2-9,13H2,1H3. The highest BCUT2D eigenvalue weighted by atomic mass is 16.3. The van der Waals surface area contributed by atoms with Crippen molar-refractivity contribution in [3.63, 3.8) is 0 Å². The van der Waals surface area contributed by atoms with Crippen LogP contribution in [0.5, 0.6) is 0 Å². The maximum atomic E-state index is 9.64. The van der Waals surface area contributed by atoms with Crippen molar-refractivity contribution in [2.45, 2.75) is 44.4 Å². The Labute approximate surface area is 98.4 Å². The van der Waals surface area contributed by atoms with Crippen LogP contribution in [0.25, 0.3) is 0 Å². The molecule has 0 saturated carbocycles. The van der Waals surface area contributed by atoms with Gasteiger partial charge in [0.1, 0.15) is 0 Å². The summed E-state index contributed by atoms with van der Waals surface area (Å²) in [6, 6.07) is 1.27. The summed E-state index contributed by atoms with van der Waals surface area (Å²) >= 11 is 0. The molecule has 94 valence electrons. The van der Waals surface area contributed by atoms with Crippen molar-refractivity contribution in [1.82, 2.24) is 9.80 Å². The molecule has 2 rings (SSSR count). The number of piperazine rings is 1. The quantitative estimate of drug-likeness (QED) is 0.705. The second kappa shape index (κ2) is 5.45. The molecule has 0 aromatic heterocycles. The summed E-state index contributed by atoms with van der Waals surface area (Å²) in [4.78, 5) is 5.03. The number of piperidine rings is 1. The van der Waals surface area contributed by atoms with Crippen molar-refractivity contribution in [3.05, 3.63) is 0 Å². The molecule has 16 heavy (non-hydrogen) atoms. The van der Waals surface area contributed by atoms with Gasteiger partial charge in [0.15, 0.2) is 0 Å². The van der Waals surface area contributed by atoms with E-state index in [2.05, 4.69) is 16.7 Å². The molecular formula is C12H25N3O. The van der Waals surface area contributed by atoms with Crippen LogP contribution < -0.4 is 5.73 Å². The number of hydrogen-bond donors (Lipinski definition) is 2. The Hall–Kier alpha value is -0.160. The van der Waals surface area contributed by atoms with E-state index in [-0.39, 0.29) is 6.10 Å². The van der Waals surface area contributed by atoms with E-state index < -0.39 is 0 Å². The summed E-state index contributed by atoms with van der Waals surface area (Å²) in [6.07, 6.45) is 3.68. The minimum atomic E-state index is -0.363. The molecule has 0 bridgehead atoms. The number of nitrogens with two attached hydrogens (primary N) is 1. The summed E-state index contributed by atoms with van der Waals surface area (Å²) < 4.78 is 0. The molecule has 0 aliphatic carbocycles. The zero-order valence-corrected chi connectivity index (χ0v) is 10.3. The Morgan fingerprint density at radius 1 is 1.38 bits per heavy atom. The van der Waals surface area contributed by atoms with Gasteiger partial charge in [0.25, 0.3) is 0 Å². The number of β-amino-alcohol motifs (C(OH)–C–C–N with tert-alkyl or cyclic N) is 1. The number of aliphatic hydroxyl groups excluding tert-OH is 1. The summed E-state index contributed by atoms with van der Waals surface area (Å²) in [5, 5.41) is 9.64. The van der Waals surface area contributed by atoms with Crippen LogP contribution in [0.15, 0.2) is 0 Å². The van der Waals surface area contributed by atoms with Crippen LogP contribution >= 0.6 is 0 Å². The summed E-state index contributed by atoms with van der Waals surface area (Å²) in [5.41, 5.74) is 5.48. The minimum Gasteiger partial charge on any atom is -0.390 e.